The van der Waals surface area contributed by atoms with Crippen LogP contribution in [0.4, 0.5) is 5.82 Å². The molecule has 5 rings (SSSR count). The van der Waals surface area contributed by atoms with Gasteiger partial charge in [0.15, 0.2) is 36.2 Å². The minimum Gasteiger partial charge on any atom is -0.387 e. The van der Waals surface area contributed by atoms with E-state index >= 15 is 0 Å². The molecule has 3 aromatic rings. The molecule has 0 spiro atoms. The first-order valence-electron chi connectivity index (χ1n) is 12.6. The second kappa shape index (κ2) is 12.4. The number of amides is 1. The SMILES string of the molecule is NC(=O)c1ccc[n+]([C@@H]2O[C@H](COP(=O)(O)OP(=O)(O)OC[C@@H]3O[C@H](n4cnc5c(N)ncnc54)[C@H](O)[C@@H]3O)[C@H](O)[C@H]2O)c1. The number of hydrogen-bond acceptors (Lipinski definition) is 16. The molecular weight excluding hydrogens is 636 g/mol. The van der Waals surface area contributed by atoms with E-state index in [2.05, 4.69) is 23.8 Å². The van der Waals surface area contributed by atoms with E-state index in [0.29, 0.717) is 0 Å². The third-order valence-electron chi connectivity index (χ3n) is 6.75. The first-order chi connectivity index (χ1) is 20.7. The van der Waals surface area contributed by atoms with Gasteiger partial charge in [-0.3, -0.25) is 18.4 Å². The molecule has 2 aliphatic rings. The lowest BCUT2D eigenvalue weighted by atomic mass is 10.1. The van der Waals surface area contributed by atoms with Gasteiger partial charge in [-0.15, -0.1) is 0 Å². The molecule has 2 fully saturated rings. The average molecular weight is 664 g/mol. The zero-order valence-electron chi connectivity index (χ0n) is 22.2. The monoisotopic (exact) mass is 664 g/mol. The Morgan fingerprint density at radius 2 is 1.61 bits per heavy atom. The fourth-order valence-electron chi connectivity index (χ4n) is 4.58. The van der Waals surface area contributed by atoms with Gasteiger partial charge in [0.25, 0.3) is 12.1 Å². The second-order valence-corrected chi connectivity index (χ2v) is 12.7. The van der Waals surface area contributed by atoms with E-state index < -0.39 is 83.8 Å². The maximum Gasteiger partial charge on any atom is 0.481 e. The summed E-state index contributed by atoms with van der Waals surface area (Å²) in [6.07, 6.45) is -6.85. The molecule has 0 aliphatic carbocycles. The number of fused-ring (bicyclic) bond motifs is 1. The number of nitrogens with two attached hydrogens (primary N) is 2. The lowest BCUT2D eigenvalue weighted by molar-refractivity contribution is -0.765. The van der Waals surface area contributed by atoms with Crippen LogP contribution in [-0.4, -0.2) is 105 Å². The first-order valence-corrected chi connectivity index (χ1v) is 15.6. The van der Waals surface area contributed by atoms with E-state index in [4.69, 9.17) is 25.5 Å². The van der Waals surface area contributed by atoms with Crippen LogP contribution >= 0.6 is 15.6 Å². The molecule has 2 unspecified atom stereocenters. The summed E-state index contributed by atoms with van der Waals surface area (Å²) in [6.45, 7) is -1.80. The number of aromatic nitrogens is 5. The summed E-state index contributed by atoms with van der Waals surface area (Å²) in [5.41, 5.74) is 11.4. The van der Waals surface area contributed by atoms with Gasteiger partial charge in [-0.2, -0.15) is 8.88 Å². The number of phosphoric ester groups is 2. The number of carbonyl (C=O) groups is 1. The highest BCUT2D eigenvalue weighted by molar-refractivity contribution is 7.61. The van der Waals surface area contributed by atoms with E-state index in [0.717, 1.165) is 6.33 Å². The molecule has 44 heavy (non-hydrogen) atoms. The molecule has 10 atom stereocenters. The van der Waals surface area contributed by atoms with E-state index in [9.17, 15) is 44.1 Å². The number of aliphatic hydroxyl groups is 4. The van der Waals surface area contributed by atoms with Crippen molar-refractivity contribution in [1.29, 1.82) is 0 Å². The Morgan fingerprint density at radius 1 is 0.977 bits per heavy atom. The van der Waals surface area contributed by atoms with Crippen LogP contribution in [0.3, 0.4) is 0 Å². The van der Waals surface area contributed by atoms with E-state index in [1.807, 2.05) is 0 Å². The summed E-state index contributed by atoms with van der Waals surface area (Å²) < 4.78 is 52.0. The molecule has 5 heterocycles. The number of nitrogens with zero attached hydrogens (tertiary/aromatic N) is 5. The number of nitrogen functional groups attached to an aromatic ring is 1. The van der Waals surface area contributed by atoms with Crippen LogP contribution in [0.2, 0.25) is 0 Å². The molecule has 2 saturated heterocycles. The third kappa shape index (κ3) is 6.65. The van der Waals surface area contributed by atoms with Gasteiger partial charge in [0, 0.05) is 6.07 Å². The van der Waals surface area contributed by atoms with Gasteiger partial charge in [0.05, 0.1) is 19.5 Å². The summed E-state index contributed by atoms with van der Waals surface area (Å²) in [6, 6.07) is 2.83. The molecule has 10 N–H and O–H groups in total. The Morgan fingerprint density at radius 3 is 2.27 bits per heavy atom. The summed E-state index contributed by atoms with van der Waals surface area (Å²) in [7, 11) is -10.7. The van der Waals surface area contributed by atoms with Gasteiger partial charge in [0.1, 0.15) is 47.9 Å². The van der Waals surface area contributed by atoms with Gasteiger partial charge in [0.2, 0.25) is 0 Å². The van der Waals surface area contributed by atoms with Crippen LogP contribution in [0.1, 0.15) is 22.8 Å². The maximum absolute atomic E-state index is 12.4. The Bertz CT molecular complexity index is 1630. The first kappa shape index (κ1) is 32.4. The zero-order chi connectivity index (χ0) is 32.0. The average Bonchev–Trinajstić information content (AvgIpc) is 3.61. The number of aliphatic hydroxyl groups excluding tert-OH is 4. The summed E-state index contributed by atoms with van der Waals surface area (Å²) in [5.74, 6) is -0.714. The fraction of sp³-hybridized carbons (Fsp3) is 0.476. The van der Waals surface area contributed by atoms with Crippen molar-refractivity contribution in [2.45, 2.75) is 49.1 Å². The highest BCUT2D eigenvalue weighted by Gasteiger charge is 2.50. The van der Waals surface area contributed by atoms with Crippen LogP contribution in [0.5, 0.6) is 0 Å². The van der Waals surface area contributed by atoms with E-state index in [1.54, 1.807) is 0 Å². The summed E-state index contributed by atoms with van der Waals surface area (Å²) in [5, 5.41) is 41.6. The number of pyridine rings is 1. The van der Waals surface area contributed by atoms with Crippen molar-refractivity contribution in [3.8, 4) is 0 Å². The third-order valence-corrected chi connectivity index (χ3v) is 9.35. The van der Waals surface area contributed by atoms with Crippen molar-refractivity contribution < 1.29 is 71.5 Å². The van der Waals surface area contributed by atoms with Gasteiger partial charge < -0.3 is 51.2 Å². The number of anilines is 1. The van der Waals surface area contributed by atoms with Crippen molar-refractivity contribution in [1.82, 2.24) is 19.5 Å². The molecule has 3 aromatic heterocycles. The van der Waals surface area contributed by atoms with Crippen molar-refractivity contribution in [3.63, 3.8) is 0 Å². The minimum absolute atomic E-state index is 0.0505. The maximum atomic E-state index is 12.4. The number of carbonyl (C=O) groups excluding carboxylic acids is 1. The molecule has 21 nitrogen and oxygen atoms in total. The largest absolute Gasteiger partial charge is 0.481 e. The number of imidazole rings is 1. The second-order valence-electron chi connectivity index (χ2n) is 9.69. The Kier molecular flexibility index (Phi) is 9.13. The molecule has 0 radical (unpaired) electrons. The van der Waals surface area contributed by atoms with Crippen LogP contribution in [-0.2, 0) is 32.0 Å². The quantitative estimate of drug-likeness (QED) is 0.0747. The van der Waals surface area contributed by atoms with Gasteiger partial charge in [-0.1, -0.05) is 0 Å². The summed E-state index contributed by atoms with van der Waals surface area (Å²) in [4.78, 5) is 43.3. The van der Waals surface area contributed by atoms with Crippen molar-refractivity contribution in [2.75, 3.05) is 18.9 Å². The van der Waals surface area contributed by atoms with Crippen LogP contribution < -0.4 is 16.0 Å². The number of hydrogen-bond donors (Lipinski definition) is 8. The minimum atomic E-state index is -5.37. The molecule has 0 saturated carbocycles. The highest BCUT2D eigenvalue weighted by atomic mass is 31.3. The smallest absolute Gasteiger partial charge is 0.387 e. The number of ether oxygens (including phenoxy) is 2. The van der Waals surface area contributed by atoms with Crippen LogP contribution in [0, 0.1) is 0 Å². The molecule has 0 bridgehead atoms. The molecule has 2 aliphatic heterocycles. The van der Waals surface area contributed by atoms with Crippen molar-refractivity contribution in [3.05, 3.63) is 42.7 Å². The van der Waals surface area contributed by atoms with E-state index in [-0.39, 0.29) is 22.5 Å². The Labute approximate surface area is 246 Å². The zero-order valence-corrected chi connectivity index (χ0v) is 24.0. The van der Waals surface area contributed by atoms with Gasteiger partial charge >= 0.3 is 15.6 Å². The Hall–Kier alpha value is -3.01. The number of rotatable bonds is 11. The number of primary amides is 1. The molecule has 240 valence electrons. The van der Waals surface area contributed by atoms with Crippen molar-refractivity contribution >= 4 is 38.5 Å². The molecular formula is C21H28N7O14P2+. The van der Waals surface area contributed by atoms with Crippen molar-refractivity contribution in [2.24, 2.45) is 5.73 Å². The van der Waals surface area contributed by atoms with E-state index in [1.165, 1.54) is 40.0 Å². The van der Waals surface area contributed by atoms with Crippen LogP contribution in [0.15, 0.2) is 37.2 Å². The van der Waals surface area contributed by atoms with Gasteiger partial charge in [-0.25, -0.2) is 24.1 Å². The predicted molar refractivity (Wildman–Crippen MR) is 139 cm³/mol. The van der Waals surface area contributed by atoms with Crippen LogP contribution in [0.25, 0.3) is 11.2 Å². The Balaban J connectivity index is 1.16. The molecule has 0 aromatic carbocycles. The predicted octanol–water partition coefficient (Wildman–Crippen LogP) is -3.02. The molecule has 23 heteroatoms. The molecule has 1 amide bonds. The topological polar surface area (TPSA) is 318 Å². The fourth-order valence-corrected chi connectivity index (χ4v) is 6.67. The highest BCUT2D eigenvalue weighted by Crippen LogP contribution is 2.60. The lowest BCUT2D eigenvalue weighted by Gasteiger charge is -2.20. The summed E-state index contributed by atoms with van der Waals surface area (Å²) >= 11 is 0. The van der Waals surface area contributed by atoms with Gasteiger partial charge in [-0.05, 0) is 6.07 Å². The number of phosphoric acid groups is 2. The normalized spacial score (nSPS) is 31.6. The lowest BCUT2D eigenvalue weighted by Crippen LogP contribution is -2.46. The standard InChI is InChI=1S/C21H27N7O14P2/c22-17-12-19(25-7-24-17)28(8-26-12)21-16(32)14(30)11(41-21)6-39-44(36,37)42-43(34,35)38-5-10-13(29)15(31)20(40-10)27-3-1-2-9(4-27)18(23)33/h1-4,7-8,10-11,13-16,20-21,29-32H,5-6H2,(H5-,22,23,24,25,33,34,35,36,37)/p+1/t10-,11+,13+,14-,15-,16-,20-,21+/m1/s1.